The third-order valence-electron chi connectivity index (χ3n) is 2.03. The minimum absolute atomic E-state index is 0.00903. The van der Waals surface area contributed by atoms with Gasteiger partial charge in [0.1, 0.15) is 0 Å². The van der Waals surface area contributed by atoms with Gasteiger partial charge in [-0.3, -0.25) is 0 Å². The van der Waals surface area contributed by atoms with Crippen molar-refractivity contribution < 1.29 is 14.2 Å². The number of hydrogen-bond donors (Lipinski definition) is 2. The van der Waals surface area contributed by atoms with Crippen LogP contribution in [0.15, 0.2) is 12.1 Å². The molecule has 15 heavy (non-hydrogen) atoms. The molecule has 0 aromatic heterocycles. The minimum Gasteiger partial charge on any atom is -0.493 e. The third-order valence-corrected chi connectivity index (χ3v) is 2.36. The van der Waals surface area contributed by atoms with Gasteiger partial charge in [0.05, 0.1) is 18.2 Å². The van der Waals surface area contributed by atoms with E-state index in [1.807, 2.05) is 0 Å². The second-order valence-electron chi connectivity index (χ2n) is 3.05. The van der Waals surface area contributed by atoms with Gasteiger partial charge in [0, 0.05) is 12.1 Å². The summed E-state index contributed by atoms with van der Waals surface area (Å²) < 4.78 is 18.2. The molecular formula is C10H13ClFNO2. The van der Waals surface area contributed by atoms with Crippen molar-refractivity contribution in [2.45, 2.75) is 6.10 Å². The van der Waals surface area contributed by atoms with Crippen LogP contribution in [0.2, 0.25) is 5.02 Å². The predicted molar refractivity (Wildman–Crippen MR) is 56.8 cm³/mol. The van der Waals surface area contributed by atoms with E-state index < -0.39 is 11.9 Å². The molecule has 0 spiro atoms. The highest BCUT2D eigenvalue weighted by atomic mass is 35.5. The zero-order valence-corrected chi connectivity index (χ0v) is 9.31. The van der Waals surface area contributed by atoms with Crippen LogP contribution in [0.3, 0.4) is 0 Å². The van der Waals surface area contributed by atoms with Crippen molar-refractivity contribution in [3.8, 4) is 5.75 Å². The zero-order valence-electron chi connectivity index (χ0n) is 8.55. The second kappa shape index (κ2) is 5.30. The summed E-state index contributed by atoms with van der Waals surface area (Å²) in [6, 6.07) is 2.60. The van der Waals surface area contributed by atoms with Crippen LogP contribution in [0.25, 0.3) is 0 Å². The van der Waals surface area contributed by atoms with Crippen molar-refractivity contribution in [1.82, 2.24) is 5.32 Å². The normalized spacial score (nSPS) is 12.6. The van der Waals surface area contributed by atoms with Gasteiger partial charge in [-0.15, -0.1) is 0 Å². The van der Waals surface area contributed by atoms with E-state index in [0.717, 1.165) is 0 Å². The van der Waals surface area contributed by atoms with Crippen molar-refractivity contribution in [2.75, 3.05) is 20.7 Å². The Labute approximate surface area is 92.8 Å². The smallest absolute Gasteiger partial charge is 0.165 e. The van der Waals surface area contributed by atoms with Gasteiger partial charge in [-0.05, 0) is 19.2 Å². The average Bonchev–Trinajstić information content (AvgIpc) is 2.21. The molecule has 1 aromatic rings. The minimum atomic E-state index is -0.895. The van der Waals surface area contributed by atoms with E-state index in [1.165, 1.54) is 19.2 Å². The summed E-state index contributed by atoms with van der Waals surface area (Å²) in [4.78, 5) is 0. The maximum atomic E-state index is 13.3. The monoisotopic (exact) mass is 233 g/mol. The Bertz CT molecular complexity index is 346. The quantitative estimate of drug-likeness (QED) is 0.833. The van der Waals surface area contributed by atoms with Gasteiger partial charge in [-0.25, -0.2) is 4.39 Å². The number of hydrogen-bond acceptors (Lipinski definition) is 3. The van der Waals surface area contributed by atoms with Gasteiger partial charge >= 0.3 is 0 Å². The Hall–Kier alpha value is -0.840. The number of ether oxygens (including phenoxy) is 1. The van der Waals surface area contributed by atoms with Crippen molar-refractivity contribution in [2.24, 2.45) is 0 Å². The molecule has 1 unspecified atom stereocenters. The summed E-state index contributed by atoms with van der Waals surface area (Å²) in [5.74, 6) is -0.544. The Morgan fingerprint density at radius 3 is 2.80 bits per heavy atom. The number of halogens is 2. The van der Waals surface area contributed by atoms with E-state index in [9.17, 15) is 9.50 Å². The maximum Gasteiger partial charge on any atom is 0.165 e. The van der Waals surface area contributed by atoms with Crippen molar-refractivity contribution in [3.05, 3.63) is 28.5 Å². The van der Waals surface area contributed by atoms with Crippen LogP contribution in [0.5, 0.6) is 5.75 Å². The first kappa shape index (κ1) is 12.2. The van der Waals surface area contributed by atoms with Gasteiger partial charge in [0.2, 0.25) is 0 Å². The molecule has 0 radical (unpaired) electrons. The third kappa shape index (κ3) is 2.59. The molecule has 0 saturated heterocycles. The summed E-state index contributed by atoms with van der Waals surface area (Å²) >= 11 is 5.88. The van der Waals surface area contributed by atoms with Crippen LogP contribution < -0.4 is 10.1 Å². The molecule has 0 bridgehead atoms. The van der Waals surface area contributed by atoms with Gasteiger partial charge < -0.3 is 15.2 Å². The highest BCUT2D eigenvalue weighted by molar-refractivity contribution is 6.31. The van der Waals surface area contributed by atoms with Gasteiger partial charge in [0.25, 0.3) is 0 Å². The number of nitrogens with one attached hydrogen (secondary N) is 1. The standard InChI is InChI=1S/C10H13ClFNO2/c1-13-5-8(14)9-6(11)3-4-7(12)10(9)15-2/h3-4,8,13-14H,5H2,1-2H3. The van der Waals surface area contributed by atoms with E-state index in [1.54, 1.807) is 7.05 Å². The fourth-order valence-corrected chi connectivity index (χ4v) is 1.64. The molecule has 0 aliphatic heterocycles. The van der Waals surface area contributed by atoms with E-state index in [0.29, 0.717) is 0 Å². The number of methoxy groups -OCH3 is 1. The molecule has 5 heteroatoms. The molecule has 0 saturated carbocycles. The van der Waals surface area contributed by atoms with Crippen molar-refractivity contribution in [1.29, 1.82) is 0 Å². The number of benzene rings is 1. The SMILES string of the molecule is CNCC(O)c1c(Cl)ccc(F)c1OC. The molecule has 84 valence electrons. The molecule has 3 nitrogen and oxygen atoms in total. The Kier molecular flexibility index (Phi) is 4.32. The lowest BCUT2D eigenvalue weighted by Crippen LogP contribution is -2.18. The summed E-state index contributed by atoms with van der Waals surface area (Å²) in [5, 5.41) is 12.8. The highest BCUT2D eigenvalue weighted by Crippen LogP contribution is 2.34. The largest absolute Gasteiger partial charge is 0.493 e. The molecule has 2 N–H and O–H groups in total. The lowest BCUT2D eigenvalue weighted by Gasteiger charge is -2.16. The molecule has 1 rings (SSSR count). The van der Waals surface area contributed by atoms with E-state index in [-0.39, 0.29) is 22.9 Å². The first-order valence-electron chi connectivity index (χ1n) is 4.46. The van der Waals surface area contributed by atoms with Crippen LogP contribution in [-0.4, -0.2) is 25.8 Å². The number of aliphatic hydroxyl groups excluding tert-OH is 1. The number of rotatable bonds is 4. The molecule has 1 aromatic carbocycles. The van der Waals surface area contributed by atoms with Gasteiger partial charge in [0.15, 0.2) is 11.6 Å². The second-order valence-corrected chi connectivity index (χ2v) is 3.46. The number of likely N-dealkylation sites (N-methyl/N-ethyl adjacent to an activating group) is 1. The van der Waals surface area contributed by atoms with E-state index in [4.69, 9.17) is 16.3 Å². The van der Waals surface area contributed by atoms with E-state index in [2.05, 4.69) is 5.32 Å². The van der Waals surface area contributed by atoms with Crippen LogP contribution in [-0.2, 0) is 0 Å². The lowest BCUT2D eigenvalue weighted by atomic mass is 10.1. The Morgan fingerprint density at radius 2 is 2.27 bits per heavy atom. The fourth-order valence-electron chi connectivity index (χ4n) is 1.36. The summed E-state index contributed by atoms with van der Waals surface area (Å²) in [6.07, 6.45) is -0.895. The highest BCUT2D eigenvalue weighted by Gasteiger charge is 2.19. The molecule has 1 atom stereocenters. The van der Waals surface area contributed by atoms with Crippen LogP contribution in [0.1, 0.15) is 11.7 Å². The molecule has 0 heterocycles. The molecule has 0 aliphatic rings. The van der Waals surface area contributed by atoms with E-state index >= 15 is 0 Å². The molecule has 0 aliphatic carbocycles. The molecule has 0 amide bonds. The van der Waals surface area contributed by atoms with Crippen LogP contribution in [0, 0.1) is 5.82 Å². The summed E-state index contributed by atoms with van der Waals surface area (Å²) in [5.41, 5.74) is 0.272. The van der Waals surface area contributed by atoms with Crippen molar-refractivity contribution in [3.63, 3.8) is 0 Å². The van der Waals surface area contributed by atoms with Crippen LogP contribution >= 0.6 is 11.6 Å². The van der Waals surface area contributed by atoms with Gasteiger partial charge in [-0.2, -0.15) is 0 Å². The zero-order chi connectivity index (χ0) is 11.4. The molecule has 0 fully saturated rings. The Balaban J connectivity index is 3.18. The predicted octanol–water partition coefficient (Wildman–Crippen LogP) is 1.74. The number of aliphatic hydroxyl groups is 1. The summed E-state index contributed by atoms with van der Waals surface area (Å²) in [6.45, 7) is 0.277. The van der Waals surface area contributed by atoms with Gasteiger partial charge in [-0.1, -0.05) is 11.6 Å². The maximum absolute atomic E-state index is 13.3. The fraction of sp³-hybridized carbons (Fsp3) is 0.400. The van der Waals surface area contributed by atoms with Crippen molar-refractivity contribution >= 4 is 11.6 Å². The summed E-state index contributed by atoms with van der Waals surface area (Å²) in [7, 11) is 3.02. The first-order chi connectivity index (χ1) is 7.11. The lowest BCUT2D eigenvalue weighted by molar-refractivity contribution is 0.172. The average molecular weight is 234 g/mol. The Morgan fingerprint density at radius 1 is 1.60 bits per heavy atom. The molecular weight excluding hydrogens is 221 g/mol. The van der Waals surface area contributed by atoms with Crippen LogP contribution in [0.4, 0.5) is 4.39 Å². The topological polar surface area (TPSA) is 41.5 Å². The first-order valence-corrected chi connectivity index (χ1v) is 4.84.